The average molecular weight is 537 g/mol. The Balaban J connectivity index is 1.17. The van der Waals surface area contributed by atoms with Gasteiger partial charge in [0.05, 0.1) is 36.7 Å². The van der Waals surface area contributed by atoms with Crippen LogP contribution < -0.4 is 4.74 Å². The van der Waals surface area contributed by atoms with E-state index >= 15 is 0 Å². The van der Waals surface area contributed by atoms with Crippen LogP contribution in [0.5, 0.6) is 5.75 Å². The number of alkyl halides is 2. The van der Waals surface area contributed by atoms with Crippen molar-refractivity contribution in [3.63, 3.8) is 0 Å². The Labute approximate surface area is 222 Å². The second kappa shape index (κ2) is 10.1. The number of rotatable bonds is 8. The number of aliphatic hydroxyl groups is 1. The number of fused-ring (bicyclic) bond motifs is 1. The number of hydrogen-bond acceptors (Lipinski definition) is 6. The summed E-state index contributed by atoms with van der Waals surface area (Å²) in [6, 6.07) is 12.0. The molecule has 2 saturated carbocycles. The Hall–Kier alpha value is -3.39. The van der Waals surface area contributed by atoms with Crippen molar-refractivity contribution in [3.05, 3.63) is 76.3 Å². The Morgan fingerprint density at radius 3 is 2.68 bits per heavy atom. The third-order valence-corrected chi connectivity index (χ3v) is 8.55. The molecule has 2 aromatic carbocycles. The summed E-state index contributed by atoms with van der Waals surface area (Å²) in [6.07, 6.45) is 6.27. The number of hydrogen-bond donors (Lipinski definition) is 1. The smallest absolute Gasteiger partial charge is 0.387 e. The van der Waals surface area contributed by atoms with Gasteiger partial charge in [0.25, 0.3) is 0 Å². The van der Waals surface area contributed by atoms with E-state index in [1.54, 1.807) is 28.9 Å². The van der Waals surface area contributed by atoms with Crippen molar-refractivity contribution in [2.75, 3.05) is 0 Å². The van der Waals surface area contributed by atoms with Crippen molar-refractivity contribution in [2.24, 2.45) is 0 Å². The van der Waals surface area contributed by atoms with Gasteiger partial charge < -0.3 is 14.6 Å². The monoisotopic (exact) mass is 536 g/mol. The first-order valence-electron chi connectivity index (χ1n) is 12.7. The van der Waals surface area contributed by atoms with Crippen LogP contribution in [0.3, 0.4) is 0 Å². The van der Waals surface area contributed by atoms with Crippen LogP contribution in [0.2, 0.25) is 0 Å². The molecule has 0 atom stereocenters. The average Bonchev–Trinajstić information content (AvgIpc) is 3.52. The summed E-state index contributed by atoms with van der Waals surface area (Å²) in [4.78, 5) is 8.13. The molecule has 196 valence electrons. The van der Waals surface area contributed by atoms with Gasteiger partial charge in [-0.05, 0) is 74.3 Å². The molecule has 2 fully saturated rings. The van der Waals surface area contributed by atoms with Crippen LogP contribution in [-0.4, -0.2) is 32.6 Å². The zero-order chi connectivity index (χ0) is 26.3. The Morgan fingerprint density at radius 1 is 1.16 bits per heavy atom. The lowest BCUT2D eigenvalue weighted by Gasteiger charge is -2.34. The number of thiazole rings is 1. The van der Waals surface area contributed by atoms with E-state index < -0.39 is 12.2 Å². The zero-order valence-corrected chi connectivity index (χ0v) is 21.3. The maximum Gasteiger partial charge on any atom is 0.387 e. The first-order chi connectivity index (χ1) is 18.4. The van der Waals surface area contributed by atoms with Crippen molar-refractivity contribution < 1.29 is 23.4 Å². The summed E-state index contributed by atoms with van der Waals surface area (Å²) in [6.45, 7) is 4.58. The van der Waals surface area contributed by atoms with Crippen LogP contribution in [0.4, 0.5) is 14.5 Å². The standard InChI is InChI=1S/C28H26F2N4O3S/c1-31-18-8-9-21-25(14-18)38-26(33-21)28(35)12-10-19(11-13-28)36-16-23-20(17-6-7-17)15-32-34(23)22-4-2-3-5-24(22)37-27(29)30/h2-5,8-9,14-15,17,19,27,35H,6-7,10-13,16H2. The molecule has 38 heavy (non-hydrogen) atoms. The quantitative estimate of drug-likeness (QED) is 0.249. The molecule has 0 spiro atoms. The topological polar surface area (TPSA) is 73.8 Å². The number of nitrogens with zero attached hydrogens (tertiary/aromatic N) is 4. The molecule has 1 N–H and O–H groups in total. The molecule has 0 saturated heterocycles. The van der Waals surface area contributed by atoms with Gasteiger partial charge in [0, 0.05) is 4.70 Å². The zero-order valence-electron chi connectivity index (χ0n) is 20.5. The molecule has 2 aliphatic rings. The second-order valence-corrected chi connectivity index (χ2v) is 10.9. The van der Waals surface area contributed by atoms with Gasteiger partial charge >= 0.3 is 6.61 Å². The summed E-state index contributed by atoms with van der Waals surface area (Å²) in [7, 11) is 0. The largest absolute Gasteiger partial charge is 0.433 e. The highest BCUT2D eigenvalue weighted by atomic mass is 32.1. The summed E-state index contributed by atoms with van der Waals surface area (Å²) >= 11 is 1.44. The molecule has 2 aromatic heterocycles. The van der Waals surface area contributed by atoms with Crippen LogP contribution in [0.1, 0.15) is 60.7 Å². The Bertz CT molecular complexity index is 1500. The number of benzene rings is 2. The second-order valence-electron chi connectivity index (χ2n) is 9.90. The van der Waals surface area contributed by atoms with E-state index in [1.807, 2.05) is 18.3 Å². The normalized spacial score (nSPS) is 21.6. The Kier molecular flexibility index (Phi) is 6.60. The molecule has 7 nitrogen and oxygen atoms in total. The molecule has 10 heteroatoms. The number of ether oxygens (including phenoxy) is 2. The van der Waals surface area contributed by atoms with Gasteiger partial charge in [-0.1, -0.05) is 18.2 Å². The van der Waals surface area contributed by atoms with Crippen LogP contribution >= 0.6 is 11.3 Å². The summed E-state index contributed by atoms with van der Waals surface area (Å²) in [5.41, 5.74) is 2.71. The molecule has 0 bridgehead atoms. The highest BCUT2D eigenvalue weighted by Crippen LogP contribution is 2.44. The first-order valence-corrected chi connectivity index (χ1v) is 13.5. The molecular weight excluding hydrogens is 510 g/mol. The summed E-state index contributed by atoms with van der Waals surface area (Å²) in [5, 5.41) is 16.6. The molecule has 4 aromatic rings. The molecule has 2 aliphatic carbocycles. The molecule has 2 heterocycles. The van der Waals surface area contributed by atoms with Crippen molar-refractivity contribution in [1.29, 1.82) is 0 Å². The van der Waals surface area contributed by atoms with Crippen LogP contribution in [0, 0.1) is 6.57 Å². The summed E-state index contributed by atoms with van der Waals surface area (Å²) in [5.74, 6) is 0.473. The van der Waals surface area contributed by atoms with Crippen LogP contribution in [-0.2, 0) is 16.9 Å². The fourth-order valence-electron chi connectivity index (χ4n) is 5.13. The lowest BCUT2D eigenvalue weighted by molar-refractivity contribution is -0.0649. The maximum atomic E-state index is 13.0. The lowest BCUT2D eigenvalue weighted by Crippen LogP contribution is -2.34. The van der Waals surface area contributed by atoms with Crippen LogP contribution in [0.25, 0.3) is 20.7 Å². The van der Waals surface area contributed by atoms with E-state index in [0.717, 1.165) is 34.3 Å². The highest BCUT2D eigenvalue weighted by molar-refractivity contribution is 7.18. The van der Waals surface area contributed by atoms with Crippen LogP contribution in [0.15, 0.2) is 48.7 Å². The van der Waals surface area contributed by atoms with Gasteiger partial charge in [0.2, 0.25) is 0 Å². The van der Waals surface area contributed by atoms with Gasteiger partial charge in [-0.3, -0.25) is 0 Å². The molecule has 0 radical (unpaired) electrons. The van der Waals surface area contributed by atoms with Crippen molar-refractivity contribution in [1.82, 2.24) is 14.8 Å². The predicted octanol–water partition coefficient (Wildman–Crippen LogP) is 6.86. The van der Waals surface area contributed by atoms with Gasteiger partial charge in [-0.2, -0.15) is 13.9 Å². The fourth-order valence-corrected chi connectivity index (χ4v) is 6.27. The van der Waals surface area contributed by atoms with E-state index in [-0.39, 0.29) is 11.9 Å². The Morgan fingerprint density at radius 2 is 1.95 bits per heavy atom. The molecule has 0 aliphatic heterocycles. The molecular formula is C28H26F2N4O3S. The number of halogens is 2. The SMILES string of the molecule is [C-]#[N+]c1ccc2nc(C3(O)CCC(OCc4c(C5CC5)cnn4-c4ccccc4OC(F)F)CC3)sc2c1. The fraction of sp³-hybridized carbons (Fsp3) is 0.393. The number of para-hydroxylation sites is 2. The van der Waals surface area contributed by atoms with Gasteiger partial charge in [0.15, 0.2) is 11.4 Å². The third-order valence-electron chi connectivity index (χ3n) is 7.34. The minimum atomic E-state index is -2.93. The van der Waals surface area contributed by atoms with Gasteiger partial charge in [-0.25, -0.2) is 14.5 Å². The van der Waals surface area contributed by atoms with Gasteiger partial charge in [0.1, 0.15) is 16.3 Å². The highest BCUT2D eigenvalue weighted by Gasteiger charge is 2.38. The first kappa shape index (κ1) is 24.9. The molecule has 6 rings (SSSR count). The van der Waals surface area contributed by atoms with Crippen molar-refractivity contribution in [3.8, 4) is 11.4 Å². The lowest BCUT2D eigenvalue weighted by atomic mass is 9.83. The van der Waals surface area contributed by atoms with Gasteiger partial charge in [-0.15, -0.1) is 11.3 Å². The van der Waals surface area contributed by atoms with E-state index in [9.17, 15) is 13.9 Å². The van der Waals surface area contributed by atoms with E-state index in [0.29, 0.717) is 54.6 Å². The number of aromatic nitrogens is 3. The predicted molar refractivity (Wildman–Crippen MR) is 139 cm³/mol. The summed E-state index contributed by atoms with van der Waals surface area (Å²) < 4.78 is 39.7. The maximum absolute atomic E-state index is 13.0. The van der Waals surface area contributed by atoms with E-state index in [2.05, 4.69) is 14.9 Å². The molecule has 0 unspecified atom stereocenters. The van der Waals surface area contributed by atoms with Crippen molar-refractivity contribution in [2.45, 2.75) is 69.4 Å². The van der Waals surface area contributed by atoms with E-state index in [1.165, 1.54) is 17.4 Å². The molecule has 0 amide bonds. The van der Waals surface area contributed by atoms with E-state index in [4.69, 9.17) is 16.0 Å². The minimum absolute atomic E-state index is 0.0543. The third kappa shape index (κ3) is 4.89. The minimum Gasteiger partial charge on any atom is -0.433 e. The van der Waals surface area contributed by atoms with Crippen molar-refractivity contribution >= 4 is 27.2 Å².